The molecule has 1 aromatic carbocycles. The molecule has 0 spiro atoms. The number of benzene rings is 1. The molecule has 1 aromatic rings. The van der Waals surface area contributed by atoms with Gasteiger partial charge in [-0.25, -0.2) is 0 Å². The Hall–Kier alpha value is -0.470. The molecule has 0 fully saturated rings. The Labute approximate surface area is 86.2 Å². The van der Waals surface area contributed by atoms with Crippen molar-refractivity contribution in [2.45, 2.75) is 19.2 Å². The lowest BCUT2D eigenvalue weighted by Crippen LogP contribution is -2.15. The third kappa shape index (κ3) is 2.48. The molecule has 2 heteroatoms. The zero-order valence-corrected chi connectivity index (χ0v) is 9.60. The summed E-state index contributed by atoms with van der Waals surface area (Å²) in [4.78, 5) is 2.10. The van der Waals surface area contributed by atoms with Gasteiger partial charge in [0, 0.05) is 0 Å². The highest BCUT2D eigenvalue weighted by molar-refractivity contribution is 7.80. The number of thiol groups is 1. The molecule has 0 saturated carbocycles. The van der Waals surface area contributed by atoms with Gasteiger partial charge in [-0.15, -0.1) is 0 Å². The number of rotatable bonds is 2. The third-order valence-electron chi connectivity index (χ3n) is 2.19. The van der Waals surface area contributed by atoms with E-state index in [-0.39, 0.29) is 5.37 Å². The van der Waals surface area contributed by atoms with E-state index in [1.54, 1.807) is 0 Å². The van der Waals surface area contributed by atoms with Crippen molar-refractivity contribution in [2.24, 2.45) is 0 Å². The van der Waals surface area contributed by atoms with Gasteiger partial charge in [0.25, 0.3) is 0 Å². The molecule has 0 aromatic heterocycles. The predicted octanol–water partition coefficient (Wildman–Crippen LogP) is 2.79. The molecule has 72 valence electrons. The van der Waals surface area contributed by atoms with Gasteiger partial charge >= 0.3 is 0 Å². The second-order valence-corrected chi connectivity index (χ2v) is 4.19. The van der Waals surface area contributed by atoms with Crippen LogP contribution in [0.4, 0.5) is 0 Å². The summed E-state index contributed by atoms with van der Waals surface area (Å²) in [6, 6.07) is 6.49. The third-order valence-corrected chi connectivity index (χ3v) is 2.93. The lowest BCUT2D eigenvalue weighted by Gasteiger charge is -2.21. The van der Waals surface area contributed by atoms with Crippen LogP contribution in [0.3, 0.4) is 0 Å². The average Bonchev–Trinajstić information content (AvgIpc) is 2.03. The van der Waals surface area contributed by atoms with E-state index in [1.165, 1.54) is 16.7 Å². The zero-order valence-electron chi connectivity index (χ0n) is 8.70. The van der Waals surface area contributed by atoms with E-state index in [2.05, 4.69) is 49.6 Å². The van der Waals surface area contributed by atoms with Gasteiger partial charge in [-0.05, 0) is 39.1 Å². The normalized spacial score (nSPS) is 13.4. The summed E-state index contributed by atoms with van der Waals surface area (Å²) >= 11 is 4.54. The summed E-state index contributed by atoms with van der Waals surface area (Å²) in [7, 11) is 4.08. The first-order valence-electron chi connectivity index (χ1n) is 4.44. The number of aryl methyl sites for hydroxylation is 2. The summed E-state index contributed by atoms with van der Waals surface area (Å²) in [5, 5.41) is 0.195. The SMILES string of the molecule is Cc1ccc(C(S)N(C)C)c(C)c1. The summed E-state index contributed by atoms with van der Waals surface area (Å²) in [6.45, 7) is 4.25. The van der Waals surface area contributed by atoms with E-state index in [1.807, 2.05) is 14.1 Å². The number of hydrogen-bond donors (Lipinski definition) is 1. The van der Waals surface area contributed by atoms with E-state index in [9.17, 15) is 0 Å². The van der Waals surface area contributed by atoms with E-state index in [0.717, 1.165) is 0 Å². The van der Waals surface area contributed by atoms with Crippen molar-refractivity contribution in [3.63, 3.8) is 0 Å². The van der Waals surface area contributed by atoms with Crippen LogP contribution in [0.15, 0.2) is 18.2 Å². The fourth-order valence-electron chi connectivity index (χ4n) is 1.39. The van der Waals surface area contributed by atoms with Gasteiger partial charge < -0.3 is 0 Å². The van der Waals surface area contributed by atoms with Crippen molar-refractivity contribution in [3.8, 4) is 0 Å². The molecule has 1 rings (SSSR count). The maximum Gasteiger partial charge on any atom is 0.0782 e. The second-order valence-electron chi connectivity index (χ2n) is 3.70. The Morgan fingerprint density at radius 2 is 1.85 bits per heavy atom. The van der Waals surface area contributed by atoms with E-state index in [0.29, 0.717) is 0 Å². The molecule has 13 heavy (non-hydrogen) atoms. The first-order valence-corrected chi connectivity index (χ1v) is 4.95. The molecule has 1 unspecified atom stereocenters. The van der Waals surface area contributed by atoms with Crippen LogP contribution in [-0.4, -0.2) is 19.0 Å². The molecule has 1 nitrogen and oxygen atoms in total. The van der Waals surface area contributed by atoms with Gasteiger partial charge in [-0.2, -0.15) is 12.6 Å². The number of hydrogen-bond acceptors (Lipinski definition) is 2. The Morgan fingerprint density at radius 1 is 1.23 bits per heavy atom. The Morgan fingerprint density at radius 3 is 2.31 bits per heavy atom. The topological polar surface area (TPSA) is 3.24 Å². The zero-order chi connectivity index (χ0) is 10.0. The summed E-state index contributed by atoms with van der Waals surface area (Å²) < 4.78 is 0. The van der Waals surface area contributed by atoms with Gasteiger partial charge in [-0.3, -0.25) is 4.90 Å². The van der Waals surface area contributed by atoms with Crippen LogP contribution in [0, 0.1) is 13.8 Å². The highest BCUT2D eigenvalue weighted by atomic mass is 32.1. The fourth-order valence-corrected chi connectivity index (χ4v) is 1.68. The van der Waals surface area contributed by atoms with Crippen LogP contribution in [0.25, 0.3) is 0 Å². The highest BCUT2D eigenvalue weighted by Gasteiger charge is 2.10. The van der Waals surface area contributed by atoms with Crippen LogP contribution >= 0.6 is 12.6 Å². The van der Waals surface area contributed by atoms with Crippen molar-refractivity contribution in [1.82, 2.24) is 4.90 Å². The van der Waals surface area contributed by atoms with Gasteiger partial charge in [0.15, 0.2) is 0 Å². The molecule has 0 aliphatic carbocycles. The summed E-state index contributed by atoms with van der Waals surface area (Å²) in [6.07, 6.45) is 0. The minimum absolute atomic E-state index is 0.195. The Bertz CT molecular complexity index is 294. The molecule has 1 atom stereocenters. The summed E-state index contributed by atoms with van der Waals surface area (Å²) in [5.74, 6) is 0. The van der Waals surface area contributed by atoms with E-state index in [4.69, 9.17) is 0 Å². The van der Waals surface area contributed by atoms with Crippen molar-refractivity contribution in [1.29, 1.82) is 0 Å². The summed E-state index contributed by atoms with van der Waals surface area (Å²) in [5.41, 5.74) is 3.91. The molecule has 0 bridgehead atoms. The first kappa shape index (κ1) is 10.6. The second kappa shape index (κ2) is 4.16. The molecule has 0 N–H and O–H groups in total. The van der Waals surface area contributed by atoms with Crippen LogP contribution in [0.5, 0.6) is 0 Å². The molecule has 0 aliphatic rings. The molecule has 0 heterocycles. The minimum Gasteiger partial charge on any atom is -0.294 e. The lowest BCUT2D eigenvalue weighted by atomic mass is 10.1. The van der Waals surface area contributed by atoms with Gasteiger partial charge in [0.1, 0.15) is 0 Å². The van der Waals surface area contributed by atoms with Crippen LogP contribution in [-0.2, 0) is 0 Å². The lowest BCUT2D eigenvalue weighted by molar-refractivity contribution is 0.392. The van der Waals surface area contributed by atoms with Crippen LogP contribution in [0.2, 0.25) is 0 Å². The van der Waals surface area contributed by atoms with Crippen LogP contribution in [0.1, 0.15) is 22.1 Å². The molecular formula is C11H17NS. The quantitative estimate of drug-likeness (QED) is 0.561. The minimum atomic E-state index is 0.195. The van der Waals surface area contributed by atoms with E-state index >= 15 is 0 Å². The highest BCUT2D eigenvalue weighted by Crippen LogP contribution is 2.25. The van der Waals surface area contributed by atoms with Gasteiger partial charge in [0.05, 0.1) is 5.37 Å². The standard InChI is InChI=1S/C11H17NS/c1-8-5-6-10(9(2)7-8)11(13)12(3)4/h5-7,11,13H,1-4H3. The largest absolute Gasteiger partial charge is 0.294 e. The smallest absolute Gasteiger partial charge is 0.0782 e. The molecule has 0 radical (unpaired) electrons. The van der Waals surface area contributed by atoms with E-state index < -0.39 is 0 Å². The number of nitrogens with zero attached hydrogens (tertiary/aromatic N) is 1. The fraction of sp³-hybridized carbons (Fsp3) is 0.455. The Balaban J connectivity index is 3.01. The Kier molecular flexibility index (Phi) is 3.40. The molecule has 0 aliphatic heterocycles. The van der Waals surface area contributed by atoms with Gasteiger partial charge in [0.2, 0.25) is 0 Å². The monoisotopic (exact) mass is 195 g/mol. The maximum atomic E-state index is 4.54. The molecular weight excluding hydrogens is 178 g/mol. The van der Waals surface area contributed by atoms with Gasteiger partial charge in [-0.1, -0.05) is 23.8 Å². The van der Waals surface area contributed by atoms with Crippen LogP contribution < -0.4 is 0 Å². The average molecular weight is 195 g/mol. The molecule has 0 saturated heterocycles. The maximum absolute atomic E-state index is 4.54. The predicted molar refractivity (Wildman–Crippen MR) is 61.3 cm³/mol. The van der Waals surface area contributed by atoms with Crippen molar-refractivity contribution in [2.75, 3.05) is 14.1 Å². The first-order chi connectivity index (χ1) is 6.02. The van der Waals surface area contributed by atoms with Crippen molar-refractivity contribution >= 4 is 12.6 Å². The van der Waals surface area contributed by atoms with Crippen molar-refractivity contribution < 1.29 is 0 Å². The molecule has 0 amide bonds. The van der Waals surface area contributed by atoms with Crippen molar-refractivity contribution in [3.05, 3.63) is 34.9 Å².